The average Bonchev–Trinajstić information content (AvgIpc) is 2.98. The molecule has 0 spiro atoms. The van der Waals surface area contributed by atoms with Crippen molar-refractivity contribution in [2.24, 2.45) is 0 Å². The Labute approximate surface area is 146 Å². The van der Waals surface area contributed by atoms with Crippen molar-refractivity contribution in [1.82, 2.24) is 9.47 Å². The van der Waals surface area contributed by atoms with Gasteiger partial charge in [0.1, 0.15) is 0 Å². The van der Waals surface area contributed by atoms with E-state index in [4.69, 9.17) is 23.2 Å². The Kier molecular flexibility index (Phi) is 4.74. The lowest BCUT2D eigenvalue weighted by Gasteiger charge is -2.34. The highest BCUT2D eigenvalue weighted by molar-refractivity contribution is 7.91. The van der Waals surface area contributed by atoms with E-state index in [2.05, 4.69) is 28.7 Å². The summed E-state index contributed by atoms with van der Waals surface area (Å²) >= 11 is 11.9. The van der Waals surface area contributed by atoms with Crippen LogP contribution in [0.5, 0.6) is 0 Å². The van der Waals surface area contributed by atoms with Crippen LogP contribution in [-0.2, 0) is 16.4 Å². The van der Waals surface area contributed by atoms with Gasteiger partial charge in [0.2, 0.25) is 0 Å². The normalized spacial score (nSPS) is 18.8. The van der Waals surface area contributed by atoms with E-state index in [9.17, 15) is 8.42 Å². The molecule has 1 aromatic heterocycles. The van der Waals surface area contributed by atoms with E-state index in [1.165, 1.54) is 17.8 Å². The van der Waals surface area contributed by atoms with Crippen molar-refractivity contribution in [1.29, 1.82) is 0 Å². The molecule has 0 amide bonds. The number of aromatic nitrogens is 1. The van der Waals surface area contributed by atoms with E-state index in [0.29, 0.717) is 11.6 Å². The standard InChI is InChI=1S/C16H18Cl2N2O2S/c1-12-15-3-2-6-20(15)8-7-19(12)9-10-23(21,22)16-11-13(17)4-5-14(16)18/h2-6,11-12H,7-10H2,1H3/t12-/m0/s1. The van der Waals surface area contributed by atoms with Gasteiger partial charge in [0.25, 0.3) is 0 Å². The number of halogens is 2. The maximum Gasteiger partial charge on any atom is 0.181 e. The van der Waals surface area contributed by atoms with Crippen LogP contribution in [0, 0.1) is 0 Å². The molecule has 1 atom stereocenters. The topological polar surface area (TPSA) is 42.3 Å². The van der Waals surface area contributed by atoms with Crippen molar-refractivity contribution >= 4 is 33.0 Å². The molecule has 0 radical (unpaired) electrons. The molecule has 1 aliphatic rings. The molecule has 2 heterocycles. The van der Waals surface area contributed by atoms with Gasteiger partial charge >= 0.3 is 0 Å². The van der Waals surface area contributed by atoms with E-state index in [-0.39, 0.29) is 21.7 Å². The second-order valence-corrected chi connectivity index (χ2v) is 8.65. The van der Waals surface area contributed by atoms with E-state index >= 15 is 0 Å². The number of nitrogens with zero attached hydrogens (tertiary/aromatic N) is 2. The first-order chi connectivity index (χ1) is 10.9. The molecule has 1 aliphatic heterocycles. The minimum Gasteiger partial charge on any atom is -0.349 e. The Morgan fingerprint density at radius 2 is 2.00 bits per heavy atom. The number of rotatable bonds is 4. The lowest BCUT2D eigenvalue weighted by Crippen LogP contribution is -2.39. The molecule has 124 valence electrons. The monoisotopic (exact) mass is 372 g/mol. The van der Waals surface area contributed by atoms with Crippen molar-refractivity contribution in [3.8, 4) is 0 Å². The first kappa shape index (κ1) is 16.8. The van der Waals surface area contributed by atoms with Gasteiger partial charge in [-0.05, 0) is 37.3 Å². The summed E-state index contributed by atoms with van der Waals surface area (Å²) < 4.78 is 27.4. The van der Waals surface area contributed by atoms with Gasteiger partial charge in [0, 0.05) is 42.6 Å². The molecule has 7 heteroatoms. The Bertz CT molecular complexity index is 817. The smallest absolute Gasteiger partial charge is 0.181 e. The lowest BCUT2D eigenvalue weighted by molar-refractivity contribution is 0.179. The van der Waals surface area contributed by atoms with Gasteiger partial charge in [-0.2, -0.15) is 0 Å². The molecule has 4 nitrogen and oxygen atoms in total. The lowest BCUT2D eigenvalue weighted by atomic mass is 10.1. The Hall–Kier alpha value is -1.01. The highest BCUT2D eigenvalue weighted by Gasteiger charge is 2.26. The zero-order valence-electron chi connectivity index (χ0n) is 12.7. The molecule has 0 saturated heterocycles. The summed E-state index contributed by atoms with van der Waals surface area (Å²) in [5.74, 6) is 0.0259. The van der Waals surface area contributed by atoms with Crippen LogP contribution in [0.3, 0.4) is 0 Å². The number of benzene rings is 1. The van der Waals surface area contributed by atoms with Crippen LogP contribution in [0.15, 0.2) is 41.4 Å². The molecule has 0 saturated carbocycles. The number of sulfone groups is 1. The van der Waals surface area contributed by atoms with Gasteiger partial charge in [-0.1, -0.05) is 23.2 Å². The van der Waals surface area contributed by atoms with Gasteiger partial charge in [-0.15, -0.1) is 0 Å². The quantitative estimate of drug-likeness (QED) is 0.822. The molecule has 0 unspecified atom stereocenters. The highest BCUT2D eigenvalue weighted by atomic mass is 35.5. The van der Waals surface area contributed by atoms with Crippen LogP contribution in [0.1, 0.15) is 18.7 Å². The summed E-state index contributed by atoms with van der Waals surface area (Å²) in [5.41, 5.74) is 1.22. The van der Waals surface area contributed by atoms with Gasteiger partial charge in [0.05, 0.1) is 15.7 Å². The minimum absolute atomic E-state index is 0.0259. The first-order valence-electron chi connectivity index (χ1n) is 7.45. The molecule has 2 aromatic rings. The molecule has 3 rings (SSSR count). The van der Waals surface area contributed by atoms with Crippen molar-refractivity contribution in [2.75, 3.05) is 18.8 Å². The maximum atomic E-state index is 12.6. The van der Waals surface area contributed by atoms with Crippen molar-refractivity contribution in [3.63, 3.8) is 0 Å². The Morgan fingerprint density at radius 1 is 1.22 bits per heavy atom. The van der Waals surface area contributed by atoms with Crippen LogP contribution in [0.2, 0.25) is 10.0 Å². The third kappa shape index (κ3) is 3.43. The fraction of sp³-hybridized carbons (Fsp3) is 0.375. The van der Waals surface area contributed by atoms with Crippen molar-refractivity contribution in [3.05, 3.63) is 52.3 Å². The third-order valence-electron chi connectivity index (χ3n) is 4.34. The van der Waals surface area contributed by atoms with E-state index in [1.54, 1.807) is 6.07 Å². The zero-order valence-corrected chi connectivity index (χ0v) is 15.1. The van der Waals surface area contributed by atoms with Crippen LogP contribution in [-0.4, -0.2) is 36.7 Å². The molecular formula is C16H18Cl2N2O2S. The molecule has 0 fully saturated rings. The van der Waals surface area contributed by atoms with Crippen LogP contribution in [0.4, 0.5) is 0 Å². The van der Waals surface area contributed by atoms with E-state index in [0.717, 1.165) is 13.1 Å². The molecular weight excluding hydrogens is 355 g/mol. The van der Waals surface area contributed by atoms with Crippen molar-refractivity contribution in [2.45, 2.75) is 24.4 Å². The van der Waals surface area contributed by atoms with E-state index < -0.39 is 9.84 Å². The number of hydrogen-bond donors (Lipinski definition) is 0. The molecule has 0 N–H and O–H groups in total. The Morgan fingerprint density at radius 3 is 2.78 bits per heavy atom. The highest BCUT2D eigenvalue weighted by Crippen LogP contribution is 2.28. The van der Waals surface area contributed by atoms with Crippen LogP contribution < -0.4 is 0 Å². The second-order valence-electron chi connectivity index (χ2n) is 5.73. The number of hydrogen-bond acceptors (Lipinski definition) is 3. The van der Waals surface area contributed by atoms with Gasteiger partial charge in [-0.25, -0.2) is 8.42 Å². The minimum atomic E-state index is -3.47. The van der Waals surface area contributed by atoms with Gasteiger partial charge in [-0.3, -0.25) is 4.90 Å². The SMILES string of the molecule is C[C@H]1c2cccn2CCN1CCS(=O)(=O)c1cc(Cl)ccc1Cl. The average molecular weight is 373 g/mol. The van der Waals surface area contributed by atoms with Crippen LogP contribution in [0.25, 0.3) is 0 Å². The predicted molar refractivity (Wildman–Crippen MR) is 92.9 cm³/mol. The molecule has 0 aliphatic carbocycles. The summed E-state index contributed by atoms with van der Waals surface area (Å²) in [5, 5.41) is 0.590. The summed E-state index contributed by atoms with van der Waals surface area (Å²) in [6, 6.07) is 8.83. The van der Waals surface area contributed by atoms with Crippen molar-refractivity contribution < 1.29 is 8.42 Å². The molecule has 23 heavy (non-hydrogen) atoms. The zero-order chi connectivity index (χ0) is 16.6. The summed E-state index contributed by atoms with van der Waals surface area (Å²) in [6.07, 6.45) is 2.06. The molecule has 0 bridgehead atoms. The maximum absolute atomic E-state index is 12.6. The molecule has 1 aromatic carbocycles. The van der Waals surface area contributed by atoms with Gasteiger partial charge in [0.15, 0.2) is 9.84 Å². The fourth-order valence-electron chi connectivity index (χ4n) is 3.00. The van der Waals surface area contributed by atoms with E-state index in [1.807, 2.05) is 6.07 Å². The second kappa shape index (κ2) is 6.48. The summed E-state index contributed by atoms with van der Waals surface area (Å²) in [6.45, 7) is 4.29. The summed E-state index contributed by atoms with van der Waals surface area (Å²) in [4.78, 5) is 2.30. The summed E-state index contributed by atoms with van der Waals surface area (Å²) in [7, 11) is -3.47. The third-order valence-corrected chi connectivity index (χ3v) is 6.75. The van der Waals surface area contributed by atoms with Gasteiger partial charge < -0.3 is 4.57 Å². The predicted octanol–water partition coefficient (Wildman–Crippen LogP) is 3.65. The largest absolute Gasteiger partial charge is 0.349 e. The number of fused-ring (bicyclic) bond motifs is 1. The Balaban J connectivity index is 1.74. The first-order valence-corrected chi connectivity index (χ1v) is 9.86. The fourth-order valence-corrected chi connectivity index (χ4v) is 5.07. The van der Waals surface area contributed by atoms with Crippen LogP contribution >= 0.6 is 23.2 Å².